The van der Waals surface area contributed by atoms with E-state index in [2.05, 4.69) is 30.2 Å². The van der Waals surface area contributed by atoms with Crippen LogP contribution in [0, 0.1) is 5.82 Å². The summed E-state index contributed by atoms with van der Waals surface area (Å²) in [6, 6.07) is 11.7. The van der Waals surface area contributed by atoms with Crippen LogP contribution in [0.15, 0.2) is 59.6 Å². The van der Waals surface area contributed by atoms with Crippen molar-refractivity contribution in [2.45, 2.75) is 23.8 Å². The van der Waals surface area contributed by atoms with Crippen molar-refractivity contribution in [1.29, 1.82) is 0 Å². The van der Waals surface area contributed by atoms with Crippen LogP contribution in [0.2, 0.25) is 0 Å². The van der Waals surface area contributed by atoms with Crippen LogP contribution in [0.1, 0.15) is 12.8 Å². The van der Waals surface area contributed by atoms with E-state index in [-0.39, 0.29) is 11.8 Å². The molecule has 1 fully saturated rings. The third-order valence-electron chi connectivity index (χ3n) is 5.36. The van der Waals surface area contributed by atoms with Crippen molar-refractivity contribution >= 4 is 26.7 Å². The van der Waals surface area contributed by atoms with Gasteiger partial charge in [0, 0.05) is 11.3 Å². The minimum atomic E-state index is -4.06. The van der Waals surface area contributed by atoms with Crippen molar-refractivity contribution in [1.82, 2.24) is 25.5 Å². The maximum Gasteiger partial charge on any atom is 0.264 e. The first kappa shape index (κ1) is 21.3. The predicted octanol–water partition coefficient (Wildman–Crippen LogP) is 3.09. The van der Waals surface area contributed by atoms with Crippen LogP contribution in [0.3, 0.4) is 0 Å². The third-order valence-corrected chi connectivity index (χ3v) is 6.78. The van der Waals surface area contributed by atoms with Gasteiger partial charge < -0.3 is 10.1 Å². The van der Waals surface area contributed by atoms with Gasteiger partial charge in [-0.2, -0.15) is 10.1 Å². The van der Waals surface area contributed by atoms with Gasteiger partial charge in [0.05, 0.1) is 6.20 Å². The Morgan fingerprint density at radius 1 is 1.03 bits per heavy atom. The molecule has 2 aromatic carbocycles. The van der Waals surface area contributed by atoms with Crippen LogP contribution in [0.25, 0.3) is 22.4 Å². The average molecular weight is 469 g/mol. The Bertz CT molecular complexity index is 1390. The number of rotatable bonds is 6. The van der Waals surface area contributed by atoms with Gasteiger partial charge in [-0.1, -0.05) is 12.1 Å². The Kier molecular flexibility index (Phi) is 5.65. The lowest BCUT2D eigenvalue weighted by molar-refractivity contribution is 0.158. The molecule has 0 atom stereocenters. The number of fused-ring (bicyclic) bond motifs is 1. The van der Waals surface area contributed by atoms with Crippen molar-refractivity contribution in [2.24, 2.45) is 0 Å². The van der Waals surface area contributed by atoms with Crippen molar-refractivity contribution in [2.75, 3.05) is 17.8 Å². The molecular weight excluding hydrogens is 447 g/mol. The molecule has 0 saturated carbocycles. The van der Waals surface area contributed by atoms with Gasteiger partial charge in [0.15, 0.2) is 11.5 Å². The maximum atomic E-state index is 13.9. The van der Waals surface area contributed by atoms with E-state index in [0.717, 1.165) is 32.0 Å². The zero-order valence-corrected chi connectivity index (χ0v) is 18.3. The SMILES string of the molecule is O=S(=O)(Nc1ccc(-c2nc(OC3CCNCC3)c3cn[nH]c3n2)cc1)c1ccccc1F. The number of aromatic amines is 1. The highest BCUT2D eigenvalue weighted by Gasteiger charge is 2.20. The van der Waals surface area contributed by atoms with Gasteiger partial charge in [0.25, 0.3) is 10.0 Å². The van der Waals surface area contributed by atoms with Crippen LogP contribution < -0.4 is 14.8 Å². The Morgan fingerprint density at radius 3 is 2.55 bits per heavy atom. The number of sulfonamides is 1. The molecular formula is C22H21FN6O3S. The van der Waals surface area contributed by atoms with Gasteiger partial charge in [-0.15, -0.1) is 0 Å². The van der Waals surface area contributed by atoms with E-state index in [9.17, 15) is 12.8 Å². The van der Waals surface area contributed by atoms with Crippen molar-refractivity contribution in [3.05, 3.63) is 60.5 Å². The van der Waals surface area contributed by atoms with E-state index in [1.54, 1.807) is 30.5 Å². The average Bonchev–Trinajstić information content (AvgIpc) is 3.29. The largest absolute Gasteiger partial charge is 0.474 e. The summed E-state index contributed by atoms with van der Waals surface area (Å²) >= 11 is 0. The second-order valence-corrected chi connectivity index (χ2v) is 9.32. The lowest BCUT2D eigenvalue weighted by atomic mass is 10.1. The van der Waals surface area contributed by atoms with Crippen molar-refractivity contribution < 1.29 is 17.5 Å². The van der Waals surface area contributed by atoms with Crippen molar-refractivity contribution in [3.8, 4) is 17.3 Å². The lowest BCUT2D eigenvalue weighted by Gasteiger charge is -2.23. The number of hydrogen-bond donors (Lipinski definition) is 3. The molecule has 4 aromatic rings. The number of H-pyrrole nitrogens is 1. The molecule has 3 N–H and O–H groups in total. The second-order valence-electron chi connectivity index (χ2n) is 7.67. The lowest BCUT2D eigenvalue weighted by Crippen LogP contribution is -2.34. The smallest absolute Gasteiger partial charge is 0.264 e. The van der Waals surface area contributed by atoms with Crippen LogP contribution in [0.4, 0.5) is 10.1 Å². The zero-order valence-electron chi connectivity index (χ0n) is 17.5. The molecule has 1 aliphatic heterocycles. The molecule has 1 aliphatic rings. The van der Waals surface area contributed by atoms with E-state index in [1.807, 2.05) is 0 Å². The summed E-state index contributed by atoms with van der Waals surface area (Å²) in [7, 11) is -4.06. The minimum absolute atomic E-state index is 0.0577. The van der Waals surface area contributed by atoms with E-state index < -0.39 is 20.7 Å². The number of nitrogens with one attached hydrogen (secondary N) is 3. The summed E-state index contributed by atoms with van der Waals surface area (Å²) in [6.45, 7) is 1.78. The molecule has 0 unspecified atom stereocenters. The van der Waals surface area contributed by atoms with Crippen LogP contribution >= 0.6 is 0 Å². The zero-order chi connectivity index (χ0) is 22.8. The number of piperidine rings is 1. The summed E-state index contributed by atoms with van der Waals surface area (Å²) in [5, 5.41) is 10.9. The van der Waals surface area contributed by atoms with E-state index >= 15 is 0 Å². The molecule has 170 valence electrons. The predicted molar refractivity (Wildman–Crippen MR) is 121 cm³/mol. The summed E-state index contributed by atoms with van der Waals surface area (Å²) in [4.78, 5) is 8.70. The Labute approximate surface area is 189 Å². The van der Waals surface area contributed by atoms with E-state index in [1.165, 1.54) is 18.2 Å². The molecule has 3 heterocycles. The Hall–Kier alpha value is -3.57. The highest BCUT2D eigenvalue weighted by atomic mass is 32.2. The molecule has 0 bridgehead atoms. The second kappa shape index (κ2) is 8.75. The van der Waals surface area contributed by atoms with Crippen LogP contribution in [-0.4, -0.2) is 47.8 Å². The molecule has 1 saturated heterocycles. The normalized spacial score (nSPS) is 14.9. The molecule has 11 heteroatoms. The molecule has 0 radical (unpaired) electrons. The monoisotopic (exact) mass is 468 g/mol. The first-order chi connectivity index (χ1) is 16.0. The standard InChI is InChI=1S/C22H21FN6O3S/c23-18-3-1-2-4-19(18)33(30,31)29-15-7-5-14(6-8-15)20-26-21-17(13-25-28-21)22(27-20)32-16-9-11-24-12-10-16/h1-8,13,16,24,29H,9-12H2,(H,25,26,27,28). The number of anilines is 1. The number of benzene rings is 2. The number of ether oxygens (including phenoxy) is 1. The third kappa shape index (κ3) is 4.50. The van der Waals surface area contributed by atoms with Gasteiger partial charge in [0.1, 0.15) is 22.2 Å². The number of hydrogen-bond acceptors (Lipinski definition) is 7. The molecule has 0 aliphatic carbocycles. The first-order valence-electron chi connectivity index (χ1n) is 10.5. The minimum Gasteiger partial charge on any atom is -0.474 e. The van der Waals surface area contributed by atoms with Crippen LogP contribution in [-0.2, 0) is 10.0 Å². The summed E-state index contributed by atoms with van der Waals surface area (Å²) < 4.78 is 47.5. The molecule has 9 nitrogen and oxygen atoms in total. The topological polar surface area (TPSA) is 122 Å². The highest BCUT2D eigenvalue weighted by molar-refractivity contribution is 7.92. The molecule has 2 aromatic heterocycles. The highest BCUT2D eigenvalue weighted by Crippen LogP contribution is 2.28. The maximum absolute atomic E-state index is 13.9. The Morgan fingerprint density at radius 2 is 1.79 bits per heavy atom. The molecule has 0 spiro atoms. The van der Waals surface area contributed by atoms with Gasteiger partial charge in [-0.3, -0.25) is 9.82 Å². The fourth-order valence-corrected chi connectivity index (χ4v) is 4.80. The fourth-order valence-electron chi connectivity index (χ4n) is 3.66. The van der Waals surface area contributed by atoms with Gasteiger partial charge in [-0.05, 0) is 62.3 Å². The first-order valence-corrected chi connectivity index (χ1v) is 11.9. The van der Waals surface area contributed by atoms with E-state index in [0.29, 0.717) is 28.3 Å². The van der Waals surface area contributed by atoms with Gasteiger partial charge in [0.2, 0.25) is 5.88 Å². The Balaban J connectivity index is 1.41. The summed E-state index contributed by atoms with van der Waals surface area (Å²) in [5.41, 5.74) is 1.50. The van der Waals surface area contributed by atoms with Crippen molar-refractivity contribution in [3.63, 3.8) is 0 Å². The fraction of sp³-hybridized carbons (Fsp3) is 0.227. The summed E-state index contributed by atoms with van der Waals surface area (Å²) in [6.07, 6.45) is 3.46. The molecule has 33 heavy (non-hydrogen) atoms. The van der Waals surface area contributed by atoms with Gasteiger partial charge in [-0.25, -0.2) is 17.8 Å². The van der Waals surface area contributed by atoms with E-state index in [4.69, 9.17) is 4.74 Å². The molecule has 0 amide bonds. The number of aromatic nitrogens is 4. The van der Waals surface area contributed by atoms with Gasteiger partial charge >= 0.3 is 0 Å². The molecule has 5 rings (SSSR count). The summed E-state index contributed by atoms with van der Waals surface area (Å²) in [5.74, 6) is 0.0586. The van der Waals surface area contributed by atoms with Crippen LogP contribution in [0.5, 0.6) is 5.88 Å². The number of nitrogens with zero attached hydrogens (tertiary/aromatic N) is 3. The number of halogens is 1. The quantitative estimate of drug-likeness (QED) is 0.397.